The standard InChI is InChI=1S/C20H22N6O2/c1-4-5-13-26-16-17(25(3)20(28)22-18(16)27)21-19(26)24-23-14(2)11-12-15-9-7-6-8-10-15/h4-12H,13H2,1-3H3,(H,21,24)(H,22,27,28)/b5-4+,12-11+,23-14-. The van der Waals surface area contributed by atoms with Crippen molar-refractivity contribution < 1.29 is 0 Å². The summed E-state index contributed by atoms with van der Waals surface area (Å²) in [5, 5.41) is 4.33. The Labute approximate surface area is 161 Å². The monoisotopic (exact) mass is 378 g/mol. The van der Waals surface area contributed by atoms with Crippen molar-refractivity contribution in [2.24, 2.45) is 12.1 Å². The zero-order chi connectivity index (χ0) is 20.1. The van der Waals surface area contributed by atoms with Crippen LogP contribution in [0.25, 0.3) is 17.2 Å². The molecule has 3 rings (SSSR count). The summed E-state index contributed by atoms with van der Waals surface area (Å²) in [4.78, 5) is 30.9. The van der Waals surface area contributed by atoms with Crippen molar-refractivity contribution in [1.29, 1.82) is 0 Å². The molecule has 2 heterocycles. The maximum atomic E-state index is 12.3. The minimum atomic E-state index is -0.509. The molecule has 0 atom stereocenters. The molecule has 3 aromatic rings. The Morgan fingerprint density at radius 3 is 2.75 bits per heavy atom. The normalized spacial score (nSPS) is 12.5. The van der Waals surface area contributed by atoms with Gasteiger partial charge in [-0.1, -0.05) is 48.6 Å². The van der Waals surface area contributed by atoms with Gasteiger partial charge in [0.25, 0.3) is 5.56 Å². The van der Waals surface area contributed by atoms with E-state index in [2.05, 4.69) is 20.5 Å². The lowest BCUT2D eigenvalue weighted by atomic mass is 10.2. The third kappa shape index (κ3) is 4.01. The number of rotatable bonds is 6. The van der Waals surface area contributed by atoms with Gasteiger partial charge in [-0.25, -0.2) is 10.2 Å². The van der Waals surface area contributed by atoms with Gasteiger partial charge in [0.1, 0.15) is 0 Å². The molecule has 0 fully saturated rings. The Morgan fingerprint density at radius 1 is 1.29 bits per heavy atom. The highest BCUT2D eigenvalue weighted by molar-refractivity contribution is 5.96. The Balaban J connectivity index is 1.96. The minimum Gasteiger partial charge on any atom is -0.299 e. The molecular weight excluding hydrogens is 356 g/mol. The number of fused-ring (bicyclic) bond motifs is 1. The van der Waals surface area contributed by atoms with Crippen LogP contribution < -0.4 is 16.7 Å². The van der Waals surface area contributed by atoms with E-state index < -0.39 is 11.2 Å². The zero-order valence-corrected chi connectivity index (χ0v) is 16.0. The van der Waals surface area contributed by atoms with Crippen molar-refractivity contribution in [3.63, 3.8) is 0 Å². The molecule has 2 aromatic heterocycles. The van der Waals surface area contributed by atoms with E-state index in [-0.39, 0.29) is 0 Å². The highest BCUT2D eigenvalue weighted by Crippen LogP contribution is 2.15. The zero-order valence-electron chi connectivity index (χ0n) is 16.0. The lowest BCUT2D eigenvalue weighted by molar-refractivity contribution is 0.818. The van der Waals surface area contributed by atoms with E-state index in [1.807, 2.05) is 68.5 Å². The summed E-state index contributed by atoms with van der Waals surface area (Å²) in [5.74, 6) is 0.382. The topological polar surface area (TPSA) is 97.1 Å². The average molecular weight is 378 g/mol. The predicted octanol–water partition coefficient (Wildman–Crippen LogP) is 2.50. The molecule has 0 bridgehead atoms. The van der Waals surface area contributed by atoms with Crippen LogP contribution in [0.2, 0.25) is 0 Å². The maximum Gasteiger partial charge on any atom is 0.329 e. The number of aromatic nitrogens is 4. The predicted molar refractivity (Wildman–Crippen MR) is 113 cm³/mol. The fraction of sp³-hybridized carbons (Fsp3) is 0.200. The molecule has 2 N–H and O–H groups in total. The molecule has 8 heteroatoms. The first-order valence-electron chi connectivity index (χ1n) is 8.85. The van der Waals surface area contributed by atoms with Crippen molar-refractivity contribution in [2.45, 2.75) is 20.4 Å². The molecule has 144 valence electrons. The summed E-state index contributed by atoms with van der Waals surface area (Å²) in [6.45, 7) is 4.17. The summed E-state index contributed by atoms with van der Waals surface area (Å²) in [7, 11) is 1.56. The quantitative estimate of drug-likeness (QED) is 0.391. The third-order valence-electron chi connectivity index (χ3n) is 4.18. The highest BCUT2D eigenvalue weighted by atomic mass is 16.2. The van der Waals surface area contributed by atoms with Gasteiger partial charge in [-0.05, 0) is 25.5 Å². The van der Waals surface area contributed by atoms with Gasteiger partial charge in [0.15, 0.2) is 11.2 Å². The number of hydrazone groups is 1. The number of nitrogens with zero attached hydrogens (tertiary/aromatic N) is 4. The number of anilines is 1. The van der Waals surface area contributed by atoms with Gasteiger partial charge >= 0.3 is 5.69 Å². The number of imidazole rings is 1. The molecule has 8 nitrogen and oxygen atoms in total. The number of allylic oxidation sites excluding steroid dienone is 3. The molecule has 0 saturated carbocycles. The Bertz CT molecular complexity index is 1180. The van der Waals surface area contributed by atoms with Crippen LogP contribution in [0.15, 0.2) is 63.3 Å². The van der Waals surface area contributed by atoms with E-state index in [0.717, 1.165) is 11.3 Å². The van der Waals surface area contributed by atoms with Crippen LogP contribution in [-0.2, 0) is 13.6 Å². The number of nitrogens with one attached hydrogen (secondary N) is 2. The lowest BCUT2D eigenvalue weighted by Gasteiger charge is -2.05. The van der Waals surface area contributed by atoms with Gasteiger partial charge in [0, 0.05) is 13.6 Å². The minimum absolute atomic E-state index is 0.299. The van der Waals surface area contributed by atoms with Crippen LogP contribution in [0.4, 0.5) is 5.95 Å². The second-order valence-corrected chi connectivity index (χ2v) is 6.21. The van der Waals surface area contributed by atoms with Crippen molar-refractivity contribution in [3.05, 3.63) is 75.0 Å². The van der Waals surface area contributed by atoms with E-state index >= 15 is 0 Å². The van der Waals surface area contributed by atoms with Gasteiger partial charge in [0.2, 0.25) is 5.95 Å². The van der Waals surface area contributed by atoms with Crippen molar-refractivity contribution >= 4 is 28.9 Å². The Hall–Kier alpha value is -3.68. The van der Waals surface area contributed by atoms with E-state index in [1.165, 1.54) is 4.57 Å². The molecule has 0 aliphatic rings. The van der Waals surface area contributed by atoms with Crippen LogP contribution in [0, 0.1) is 0 Å². The third-order valence-corrected chi connectivity index (χ3v) is 4.18. The number of benzene rings is 1. The van der Waals surface area contributed by atoms with E-state index in [4.69, 9.17) is 0 Å². The maximum absolute atomic E-state index is 12.3. The van der Waals surface area contributed by atoms with Crippen LogP contribution in [-0.4, -0.2) is 24.8 Å². The molecule has 0 saturated heterocycles. The smallest absolute Gasteiger partial charge is 0.299 e. The summed E-state index contributed by atoms with van der Waals surface area (Å²) in [5.41, 5.74) is 4.34. The summed E-state index contributed by atoms with van der Waals surface area (Å²) < 4.78 is 2.99. The molecule has 28 heavy (non-hydrogen) atoms. The first-order chi connectivity index (χ1) is 13.5. The molecule has 1 aromatic carbocycles. The average Bonchev–Trinajstić information content (AvgIpc) is 3.07. The van der Waals surface area contributed by atoms with Crippen LogP contribution in [0.5, 0.6) is 0 Å². The highest BCUT2D eigenvalue weighted by Gasteiger charge is 2.16. The van der Waals surface area contributed by atoms with Crippen molar-refractivity contribution in [2.75, 3.05) is 5.43 Å². The number of hydrogen-bond donors (Lipinski definition) is 2. The molecule has 0 spiro atoms. The second-order valence-electron chi connectivity index (χ2n) is 6.21. The number of hydrogen-bond acceptors (Lipinski definition) is 5. The molecule has 0 unspecified atom stereocenters. The van der Waals surface area contributed by atoms with Crippen molar-refractivity contribution in [1.82, 2.24) is 19.1 Å². The summed E-state index contributed by atoms with van der Waals surface area (Å²) in [6.07, 6.45) is 7.60. The summed E-state index contributed by atoms with van der Waals surface area (Å²) in [6, 6.07) is 9.90. The lowest BCUT2D eigenvalue weighted by Crippen LogP contribution is -2.29. The Kier molecular flexibility index (Phi) is 5.69. The van der Waals surface area contributed by atoms with Gasteiger partial charge in [-0.15, -0.1) is 0 Å². The van der Waals surface area contributed by atoms with Gasteiger partial charge < -0.3 is 0 Å². The fourth-order valence-electron chi connectivity index (χ4n) is 2.66. The molecular formula is C20H22N6O2. The van der Waals surface area contributed by atoms with Gasteiger partial charge in [0.05, 0.1) is 5.71 Å². The largest absolute Gasteiger partial charge is 0.329 e. The summed E-state index contributed by atoms with van der Waals surface area (Å²) >= 11 is 0. The number of aryl methyl sites for hydroxylation is 1. The first-order valence-corrected chi connectivity index (χ1v) is 8.85. The SMILES string of the molecule is C/C=C/Cn1c(N/N=C(C)\C=C\c2ccccc2)nc2c1c(=O)[nH]c(=O)n2C. The van der Waals surface area contributed by atoms with Crippen LogP contribution in [0.3, 0.4) is 0 Å². The van der Waals surface area contributed by atoms with E-state index in [1.54, 1.807) is 11.6 Å². The van der Waals surface area contributed by atoms with Crippen molar-refractivity contribution in [3.8, 4) is 0 Å². The molecule has 0 aliphatic carbocycles. The van der Waals surface area contributed by atoms with Crippen LogP contribution >= 0.6 is 0 Å². The molecule has 0 amide bonds. The fourth-order valence-corrected chi connectivity index (χ4v) is 2.66. The number of H-pyrrole nitrogens is 1. The van der Waals surface area contributed by atoms with Gasteiger partial charge in [-0.3, -0.25) is 18.9 Å². The van der Waals surface area contributed by atoms with Gasteiger partial charge in [-0.2, -0.15) is 10.1 Å². The molecule has 0 radical (unpaired) electrons. The molecule has 0 aliphatic heterocycles. The first kappa shape index (κ1) is 19.1. The number of aromatic amines is 1. The van der Waals surface area contributed by atoms with Crippen LogP contribution in [0.1, 0.15) is 19.4 Å². The van der Waals surface area contributed by atoms with E-state index in [0.29, 0.717) is 23.7 Å². The Morgan fingerprint density at radius 2 is 2.04 bits per heavy atom. The van der Waals surface area contributed by atoms with E-state index in [9.17, 15) is 9.59 Å². The second kappa shape index (κ2) is 8.34.